The third-order valence-corrected chi connectivity index (χ3v) is 4.55. The van der Waals surface area contributed by atoms with Crippen LogP contribution < -0.4 is 5.73 Å². The lowest BCUT2D eigenvalue weighted by molar-refractivity contribution is 0.390. The van der Waals surface area contributed by atoms with E-state index in [1.807, 2.05) is 18.6 Å². The van der Waals surface area contributed by atoms with E-state index in [0.29, 0.717) is 6.04 Å². The Morgan fingerprint density at radius 2 is 2.10 bits per heavy atom. The van der Waals surface area contributed by atoms with Gasteiger partial charge in [-0.15, -0.1) is 0 Å². The first-order valence-electron chi connectivity index (χ1n) is 7.57. The average molecular weight is 269 g/mol. The van der Waals surface area contributed by atoms with Crippen LogP contribution in [0.2, 0.25) is 0 Å². The van der Waals surface area contributed by atoms with E-state index >= 15 is 0 Å². The van der Waals surface area contributed by atoms with Crippen molar-refractivity contribution in [1.82, 2.24) is 9.55 Å². The molecule has 0 radical (unpaired) electrons. The number of nitrogens with zero attached hydrogens (tertiary/aromatic N) is 2. The van der Waals surface area contributed by atoms with E-state index < -0.39 is 0 Å². The molecule has 0 saturated heterocycles. The second-order valence-electron chi connectivity index (χ2n) is 6.00. The van der Waals surface area contributed by atoms with Crippen molar-refractivity contribution in [3.8, 4) is 0 Å². The summed E-state index contributed by atoms with van der Waals surface area (Å²) >= 11 is 0. The van der Waals surface area contributed by atoms with Crippen molar-refractivity contribution < 1.29 is 0 Å². The first-order chi connectivity index (χ1) is 9.75. The zero-order valence-corrected chi connectivity index (χ0v) is 12.1. The smallest absolute Gasteiger partial charge is 0.0951 e. The van der Waals surface area contributed by atoms with Crippen molar-refractivity contribution in [1.29, 1.82) is 0 Å². The zero-order valence-electron chi connectivity index (χ0n) is 12.1. The van der Waals surface area contributed by atoms with Crippen molar-refractivity contribution in [2.75, 3.05) is 0 Å². The van der Waals surface area contributed by atoms with Crippen LogP contribution in [0.25, 0.3) is 0 Å². The SMILES string of the molecule is CC1CCCC1n1cncc1[C@H](N)Cc1ccccc1. The second kappa shape index (κ2) is 5.80. The minimum atomic E-state index is 0.0210. The highest BCUT2D eigenvalue weighted by Crippen LogP contribution is 2.36. The van der Waals surface area contributed by atoms with Gasteiger partial charge in [-0.25, -0.2) is 4.98 Å². The Labute approximate surface area is 120 Å². The summed E-state index contributed by atoms with van der Waals surface area (Å²) in [7, 11) is 0. The van der Waals surface area contributed by atoms with Crippen molar-refractivity contribution >= 4 is 0 Å². The minimum absolute atomic E-state index is 0.0210. The lowest BCUT2D eigenvalue weighted by Gasteiger charge is -2.22. The molecule has 1 heterocycles. The lowest BCUT2D eigenvalue weighted by Crippen LogP contribution is -2.21. The zero-order chi connectivity index (χ0) is 13.9. The summed E-state index contributed by atoms with van der Waals surface area (Å²) in [5.41, 5.74) is 8.88. The van der Waals surface area contributed by atoms with E-state index in [9.17, 15) is 0 Å². The molecule has 3 atom stereocenters. The van der Waals surface area contributed by atoms with Crippen LogP contribution in [-0.4, -0.2) is 9.55 Å². The molecule has 1 fully saturated rings. The molecule has 3 heteroatoms. The van der Waals surface area contributed by atoms with Crippen molar-refractivity contribution in [3.05, 3.63) is 54.1 Å². The number of rotatable bonds is 4. The first-order valence-corrected chi connectivity index (χ1v) is 7.57. The molecule has 106 valence electrons. The monoisotopic (exact) mass is 269 g/mol. The van der Waals surface area contributed by atoms with Gasteiger partial charge < -0.3 is 10.3 Å². The highest BCUT2D eigenvalue weighted by molar-refractivity contribution is 5.19. The standard InChI is InChI=1S/C17H23N3/c1-13-6-5-9-16(13)20-12-19-11-17(20)15(18)10-14-7-3-2-4-8-14/h2-4,7-8,11-13,15-16H,5-6,9-10,18H2,1H3/t13?,15-,16?/m1/s1. The molecule has 0 spiro atoms. The van der Waals surface area contributed by atoms with Gasteiger partial charge in [0, 0.05) is 12.2 Å². The van der Waals surface area contributed by atoms with Crippen LogP contribution in [0.15, 0.2) is 42.9 Å². The number of hydrogen-bond donors (Lipinski definition) is 1. The summed E-state index contributed by atoms with van der Waals surface area (Å²) in [6, 6.07) is 11.1. The molecule has 3 nitrogen and oxygen atoms in total. The van der Waals surface area contributed by atoms with Crippen molar-refractivity contribution in [2.24, 2.45) is 11.7 Å². The van der Waals surface area contributed by atoms with Gasteiger partial charge in [-0.2, -0.15) is 0 Å². The molecule has 2 N–H and O–H groups in total. The molecule has 0 aliphatic heterocycles. The summed E-state index contributed by atoms with van der Waals surface area (Å²) in [5.74, 6) is 0.729. The van der Waals surface area contributed by atoms with Crippen LogP contribution in [0.4, 0.5) is 0 Å². The molecule has 1 aromatic heterocycles. The Morgan fingerprint density at radius 3 is 2.80 bits per heavy atom. The second-order valence-corrected chi connectivity index (χ2v) is 6.00. The maximum absolute atomic E-state index is 6.42. The Hall–Kier alpha value is -1.61. The van der Waals surface area contributed by atoms with Gasteiger partial charge >= 0.3 is 0 Å². The van der Waals surface area contributed by atoms with Crippen LogP contribution in [0.5, 0.6) is 0 Å². The molecule has 2 unspecified atom stereocenters. The summed E-state index contributed by atoms with van der Waals surface area (Å²) in [5, 5.41) is 0. The van der Waals surface area contributed by atoms with E-state index in [2.05, 4.69) is 40.7 Å². The van der Waals surface area contributed by atoms with Crippen LogP contribution in [-0.2, 0) is 6.42 Å². The molecular weight excluding hydrogens is 246 g/mol. The fraction of sp³-hybridized carbons (Fsp3) is 0.471. The van der Waals surface area contributed by atoms with Crippen LogP contribution in [0.3, 0.4) is 0 Å². The Kier molecular flexibility index (Phi) is 3.88. The summed E-state index contributed by atoms with van der Waals surface area (Å²) in [4.78, 5) is 4.35. The molecule has 1 aliphatic rings. The maximum atomic E-state index is 6.42. The average Bonchev–Trinajstić information content (AvgIpc) is 3.07. The highest BCUT2D eigenvalue weighted by atomic mass is 15.1. The van der Waals surface area contributed by atoms with Gasteiger partial charge in [0.25, 0.3) is 0 Å². The number of imidazole rings is 1. The third kappa shape index (κ3) is 2.63. The van der Waals surface area contributed by atoms with Crippen LogP contribution in [0, 0.1) is 5.92 Å². The lowest BCUT2D eigenvalue weighted by atomic mass is 10.0. The fourth-order valence-corrected chi connectivity index (χ4v) is 3.39. The number of nitrogens with two attached hydrogens (primary N) is 1. The summed E-state index contributed by atoms with van der Waals surface area (Å²) in [6.45, 7) is 2.34. The molecule has 1 saturated carbocycles. The number of aromatic nitrogens is 2. The normalized spacial score (nSPS) is 23.9. The molecule has 3 rings (SSSR count). The quantitative estimate of drug-likeness (QED) is 0.923. The fourth-order valence-electron chi connectivity index (χ4n) is 3.39. The van der Waals surface area contributed by atoms with E-state index in [-0.39, 0.29) is 6.04 Å². The molecule has 1 aliphatic carbocycles. The van der Waals surface area contributed by atoms with Crippen LogP contribution >= 0.6 is 0 Å². The van der Waals surface area contributed by atoms with E-state index in [1.165, 1.54) is 30.5 Å². The van der Waals surface area contributed by atoms with E-state index in [0.717, 1.165) is 12.3 Å². The van der Waals surface area contributed by atoms with E-state index in [1.54, 1.807) is 0 Å². The molecule has 1 aromatic carbocycles. The Morgan fingerprint density at radius 1 is 1.30 bits per heavy atom. The first kappa shape index (κ1) is 13.4. The van der Waals surface area contributed by atoms with Crippen LogP contribution in [0.1, 0.15) is 49.5 Å². The van der Waals surface area contributed by atoms with Crippen molar-refractivity contribution in [3.63, 3.8) is 0 Å². The Balaban J connectivity index is 1.79. The predicted molar refractivity (Wildman–Crippen MR) is 81.4 cm³/mol. The van der Waals surface area contributed by atoms with Gasteiger partial charge in [-0.1, -0.05) is 43.7 Å². The minimum Gasteiger partial charge on any atom is -0.330 e. The Bertz CT molecular complexity index is 546. The van der Waals surface area contributed by atoms with Gasteiger partial charge in [0.05, 0.1) is 18.1 Å². The third-order valence-electron chi connectivity index (χ3n) is 4.55. The van der Waals surface area contributed by atoms with Gasteiger partial charge in [0.2, 0.25) is 0 Å². The predicted octanol–water partition coefficient (Wildman–Crippen LogP) is 3.49. The van der Waals surface area contributed by atoms with Gasteiger partial charge in [-0.3, -0.25) is 0 Å². The maximum Gasteiger partial charge on any atom is 0.0951 e. The van der Waals surface area contributed by atoms with Gasteiger partial charge in [-0.05, 0) is 30.7 Å². The van der Waals surface area contributed by atoms with Gasteiger partial charge in [0.1, 0.15) is 0 Å². The summed E-state index contributed by atoms with van der Waals surface area (Å²) < 4.78 is 2.32. The number of hydrogen-bond acceptors (Lipinski definition) is 2. The van der Waals surface area contributed by atoms with Crippen molar-refractivity contribution in [2.45, 2.75) is 44.7 Å². The summed E-state index contributed by atoms with van der Waals surface area (Å²) in [6.07, 6.45) is 8.66. The molecular formula is C17H23N3. The molecule has 2 aromatic rings. The van der Waals surface area contributed by atoms with E-state index in [4.69, 9.17) is 5.73 Å². The molecule has 0 bridgehead atoms. The molecule has 20 heavy (non-hydrogen) atoms. The number of benzene rings is 1. The van der Waals surface area contributed by atoms with Gasteiger partial charge in [0.15, 0.2) is 0 Å². The topological polar surface area (TPSA) is 43.8 Å². The molecule has 0 amide bonds. The largest absolute Gasteiger partial charge is 0.330 e. The highest BCUT2D eigenvalue weighted by Gasteiger charge is 2.27.